The van der Waals surface area contributed by atoms with Gasteiger partial charge in [-0.05, 0) is 19.4 Å². The number of benzene rings is 1. The average Bonchev–Trinajstić information content (AvgIpc) is 2.19. The van der Waals surface area contributed by atoms with Crippen LogP contribution in [-0.4, -0.2) is 19.5 Å². The number of methoxy groups -OCH3 is 1. The van der Waals surface area contributed by atoms with E-state index in [9.17, 15) is 4.79 Å². The van der Waals surface area contributed by atoms with Crippen molar-refractivity contribution in [3.8, 4) is 0 Å². The molecule has 0 aliphatic rings. The smallest absolute Gasteiger partial charge is 0.134 e. The molecule has 1 aromatic carbocycles. The van der Waals surface area contributed by atoms with E-state index in [1.807, 2.05) is 37.3 Å². The lowest BCUT2D eigenvalue weighted by Gasteiger charge is -1.93. The second-order valence-corrected chi connectivity index (χ2v) is 2.94. The van der Waals surface area contributed by atoms with Gasteiger partial charge in [0.1, 0.15) is 5.78 Å². The summed E-state index contributed by atoms with van der Waals surface area (Å²) in [6.07, 6.45) is 0.556. The van der Waals surface area contributed by atoms with Crippen molar-refractivity contribution in [1.82, 2.24) is 0 Å². The minimum Gasteiger partial charge on any atom is -0.385 e. The van der Waals surface area contributed by atoms with Crippen LogP contribution in [0.15, 0.2) is 30.3 Å². The highest BCUT2D eigenvalue weighted by Crippen LogP contribution is 1.98. The van der Waals surface area contributed by atoms with Gasteiger partial charge >= 0.3 is 0 Å². The molecule has 0 saturated heterocycles. The molecule has 0 aliphatic carbocycles. The first-order valence-corrected chi connectivity index (χ1v) is 4.73. The maximum Gasteiger partial charge on any atom is 0.134 e. The first kappa shape index (κ1) is 12.8. The maximum atomic E-state index is 10.6. The molecule has 0 unspecified atom stereocenters. The molecule has 0 amide bonds. The van der Waals surface area contributed by atoms with Gasteiger partial charge in [-0.2, -0.15) is 0 Å². The van der Waals surface area contributed by atoms with Gasteiger partial charge in [-0.1, -0.05) is 30.3 Å². The summed E-state index contributed by atoms with van der Waals surface area (Å²) >= 11 is 0. The minimum atomic E-state index is 0.214. The summed E-state index contributed by atoms with van der Waals surface area (Å²) in [5.74, 6) is 0.214. The van der Waals surface area contributed by atoms with Crippen LogP contribution in [0, 0.1) is 0 Å². The molecule has 1 rings (SSSR count). The topological polar surface area (TPSA) is 26.3 Å². The van der Waals surface area contributed by atoms with E-state index in [-0.39, 0.29) is 5.78 Å². The standard InChI is InChI=1S/C9H10O.C3H8O/c1-8(10)7-9-5-3-2-4-6-9;1-3-4-2/h2-6H,7H2,1H3;3H2,1-2H3. The third-order valence-corrected chi connectivity index (χ3v) is 1.58. The van der Waals surface area contributed by atoms with Gasteiger partial charge in [0.2, 0.25) is 0 Å². The number of carbonyl (C=O) groups excluding carboxylic acids is 1. The molecule has 0 aromatic heterocycles. The lowest BCUT2D eigenvalue weighted by atomic mass is 10.1. The molecule has 0 saturated carbocycles. The van der Waals surface area contributed by atoms with E-state index >= 15 is 0 Å². The van der Waals surface area contributed by atoms with Crippen molar-refractivity contribution < 1.29 is 9.53 Å². The molecular weight excluding hydrogens is 176 g/mol. The van der Waals surface area contributed by atoms with Crippen molar-refractivity contribution in [2.75, 3.05) is 13.7 Å². The van der Waals surface area contributed by atoms with Crippen molar-refractivity contribution in [3.63, 3.8) is 0 Å². The van der Waals surface area contributed by atoms with Gasteiger partial charge in [-0.25, -0.2) is 0 Å². The van der Waals surface area contributed by atoms with Crippen LogP contribution in [0.2, 0.25) is 0 Å². The number of carbonyl (C=O) groups is 1. The third kappa shape index (κ3) is 7.50. The summed E-state index contributed by atoms with van der Waals surface area (Å²) in [6.45, 7) is 4.38. The Morgan fingerprint density at radius 2 is 1.79 bits per heavy atom. The van der Waals surface area contributed by atoms with Crippen LogP contribution >= 0.6 is 0 Å². The Balaban J connectivity index is 0.000000364. The van der Waals surface area contributed by atoms with Gasteiger partial charge in [0.15, 0.2) is 0 Å². The summed E-state index contributed by atoms with van der Waals surface area (Å²) in [5, 5.41) is 0. The van der Waals surface area contributed by atoms with E-state index in [2.05, 4.69) is 4.74 Å². The third-order valence-electron chi connectivity index (χ3n) is 1.58. The number of hydrogen-bond donors (Lipinski definition) is 0. The summed E-state index contributed by atoms with van der Waals surface area (Å²) in [4.78, 5) is 10.6. The second kappa shape index (κ2) is 8.45. The van der Waals surface area contributed by atoms with Gasteiger partial charge in [0.25, 0.3) is 0 Å². The molecular formula is C12H18O2. The van der Waals surface area contributed by atoms with Crippen LogP contribution in [0.4, 0.5) is 0 Å². The monoisotopic (exact) mass is 194 g/mol. The summed E-state index contributed by atoms with van der Waals surface area (Å²) in [5.41, 5.74) is 1.09. The Bertz CT molecular complexity index is 240. The lowest BCUT2D eigenvalue weighted by Crippen LogP contribution is -1.94. The van der Waals surface area contributed by atoms with Crippen LogP contribution < -0.4 is 0 Å². The summed E-state index contributed by atoms with van der Waals surface area (Å²) in [7, 11) is 1.68. The number of ketones is 1. The highest BCUT2D eigenvalue weighted by molar-refractivity contribution is 5.78. The van der Waals surface area contributed by atoms with Crippen molar-refractivity contribution in [3.05, 3.63) is 35.9 Å². The van der Waals surface area contributed by atoms with Crippen LogP contribution in [0.5, 0.6) is 0 Å². The van der Waals surface area contributed by atoms with Crippen LogP contribution in [0.25, 0.3) is 0 Å². The van der Waals surface area contributed by atoms with E-state index < -0.39 is 0 Å². The van der Waals surface area contributed by atoms with Crippen molar-refractivity contribution in [2.45, 2.75) is 20.3 Å². The molecule has 2 heteroatoms. The van der Waals surface area contributed by atoms with Gasteiger partial charge in [-0.3, -0.25) is 4.79 Å². The Hall–Kier alpha value is -1.15. The van der Waals surface area contributed by atoms with Gasteiger partial charge in [0.05, 0.1) is 0 Å². The number of hydrogen-bond acceptors (Lipinski definition) is 2. The Morgan fingerprint density at radius 1 is 1.29 bits per heavy atom. The molecule has 2 nitrogen and oxygen atoms in total. The number of ether oxygens (including phenoxy) is 1. The lowest BCUT2D eigenvalue weighted by molar-refractivity contribution is -0.116. The zero-order valence-corrected chi connectivity index (χ0v) is 9.12. The normalized spacial score (nSPS) is 8.79. The van der Waals surface area contributed by atoms with E-state index in [0.29, 0.717) is 6.42 Å². The summed E-state index contributed by atoms with van der Waals surface area (Å²) < 4.78 is 4.54. The number of rotatable bonds is 3. The quantitative estimate of drug-likeness (QED) is 0.739. The molecule has 0 radical (unpaired) electrons. The van der Waals surface area contributed by atoms with Gasteiger partial charge in [-0.15, -0.1) is 0 Å². The SMILES string of the molecule is CC(=O)Cc1ccccc1.CCOC. The fourth-order valence-corrected chi connectivity index (χ4v) is 0.883. The molecule has 1 aromatic rings. The Kier molecular flexibility index (Phi) is 7.75. The molecule has 0 N–H and O–H groups in total. The first-order valence-electron chi connectivity index (χ1n) is 4.73. The van der Waals surface area contributed by atoms with E-state index in [1.54, 1.807) is 14.0 Å². The average molecular weight is 194 g/mol. The first-order chi connectivity index (χ1) is 6.70. The molecule has 0 fully saturated rings. The fraction of sp³-hybridized carbons (Fsp3) is 0.417. The molecule has 78 valence electrons. The fourth-order valence-electron chi connectivity index (χ4n) is 0.883. The predicted octanol–water partition coefficient (Wildman–Crippen LogP) is 2.47. The summed E-state index contributed by atoms with van der Waals surface area (Å²) in [6, 6.07) is 9.75. The van der Waals surface area contributed by atoms with Crippen molar-refractivity contribution in [1.29, 1.82) is 0 Å². The number of Topliss-reactive ketones (excluding diaryl/α,β-unsaturated/α-hetero) is 1. The van der Waals surface area contributed by atoms with E-state index in [0.717, 1.165) is 12.2 Å². The molecule has 0 atom stereocenters. The molecule has 14 heavy (non-hydrogen) atoms. The predicted molar refractivity (Wildman–Crippen MR) is 58.4 cm³/mol. The minimum absolute atomic E-state index is 0.214. The Labute approximate surface area is 85.9 Å². The van der Waals surface area contributed by atoms with Gasteiger partial charge in [0, 0.05) is 20.1 Å². The molecule has 0 heterocycles. The van der Waals surface area contributed by atoms with Crippen LogP contribution in [-0.2, 0) is 16.0 Å². The van der Waals surface area contributed by atoms with Crippen molar-refractivity contribution in [2.24, 2.45) is 0 Å². The van der Waals surface area contributed by atoms with E-state index in [1.165, 1.54) is 0 Å². The van der Waals surface area contributed by atoms with E-state index in [4.69, 9.17) is 0 Å². The zero-order chi connectivity index (χ0) is 10.8. The maximum absolute atomic E-state index is 10.6. The second-order valence-electron chi connectivity index (χ2n) is 2.94. The molecule has 0 bridgehead atoms. The molecule has 0 aliphatic heterocycles. The highest BCUT2D eigenvalue weighted by atomic mass is 16.5. The largest absolute Gasteiger partial charge is 0.385 e. The Morgan fingerprint density at radius 3 is 2.14 bits per heavy atom. The van der Waals surface area contributed by atoms with Crippen LogP contribution in [0.1, 0.15) is 19.4 Å². The van der Waals surface area contributed by atoms with Crippen molar-refractivity contribution >= 4 is 5.78 Å². The zero-order valence-electron chi connectivity index (χ0n) is 9.12. The van der Waals surface area contributed by atoms with Gasteiger partial charge < -0.3 is 4.74 Å². The molecule has 0 spiro atoms. The highest BCUT2D eigenvalue weighted by Gasteiger charge is 1.93. The van der Waals surface area contributed by atoms with Crippen LogP contribution in [0.3, 0.4) is 0 Å².